The van der Waals surface area contributed by atoms with E-state index in [1.165, 1.54) is 4.68 Å². The number of carbonyl (C=O) groups excluding carboxylic acids is 2. The van der Waals surface area contributed by atoms with Crippen molar-refractivity contribution in [2.24, 2.45) is 18.2 Å². The van der Waals surface area contributed by atoms with E-state index >= 15 is 0 Å². The van der Waals surface area contributed by atoms with Gasteiger partial charge in [-0.05, 0) is 37.8 Å². The Labute approximate surface area is 202 Å². The Morgan fingerprint density at radius 2 is 1.91 bits per heavy atom. The third kappa shape index (κ3) is 3.99. The maximum Gasteiger partial charge on any atom is 0.255 e. The summed E-state index contributed by atoms with van der Waals surface area (Å²) in [5.41, 5.74) is 8.51. The van der Waals surface area contributed by atoms with Crippen LogP contribution in [0.3, 0.4) is 0 Å². The monoisotopic (exact) mass is 479 g/mol. The molecule has 11 heteroatoms. The number of hydrogen-bond donors (Lipinski definition) is 2. The summed E-state index contributed by atoms with van der Waals surface area (Å²) in [5.74, 6) is -0.406. The highest BCUT2D eigenvalue weighted by molar-refractivity contribution is 6.00. The molecule has 0 radical (unpaired) electrons. The average Bonchev–Trinajstić information content (AvgIpc) is 3.36. The van der Waals surface area contributed by atoms with E-state index in [1.54, 1.807) is 24.0 Å². The predicted molar refractivity (Wildman–Crippen MR) is 127 cm³/mol. The molecule has 11 nitrogen and oxygen atoms in total. The minimum atomic E-state index is -0.559. The van der Waals surface area contributed by atoms with Crippen LogP contribution in [0.4, 0.5) is 5.69 Å². The van der Waals surface area contributed by atoms with Crippen LogP contribution in [0.1, 0.15) is 46.4 Å². The van der Waals surface area contributed by atoms with Gasteiger partial charge in [0.05, 0.1) is 47.8 Å². The number of aromatic nitrogens is 4. The van der Waals surface area contributed by atoms with Crippen molar-refractivity contribution in [3.05, 3.63) is 41.9 Å². The van der Waals surface area contributed by atoms with Gasteiger partial charge in [0.2, 0.25) is 5.88 Å². The van der Waals surface area contributed by atoms with Crippen LogP contribution in [0.25, 0.3) is 5.52 Å². The standard InChI is InChI=1S/C24H29N7O4/c1-29-10-19(21(25)32)23(28-29)35-17-5-2-15(3-6-17)27-22(33)18-8-26-31-9-16(4-7-20(18)31)30-11-24(12-30)13-34-14-24/h4,7-10,15,17H,2-3,5-6,11-14H2,1H3,(H2,25,32)(H,27,33)/t15-,17-. The van der Waals surface area contributed by atoms with Crippen LogP contribution >= 0.6 is 0 Å². The molecule has 2 amide bonds. The zero-order valence-electron chi connectivity index (χ0n) is 19.6. The van der Waals surface area contributed by atoms with Gasteiger partial charge in [-0.3, -0.25) is 14.3 Å². The van der Waals surface area contributed by atoms with Crippen LogP contribution in [0.2, 0.25) is 0 Å². The third-order valence-corrected chi connectivity index (χ3v) is 7.33. The number of ether oxygens (including phenoxy) is 2. The average molecular weight is 480 g/mol. The molecule has 0 atom stereocenters. The van der Waals surface area contributed by atoms with Crippen LogP contribution in [-0.2, 0) is 11.8 Å². The van der Waals surface area contributed by atoms with Gasteiger partial charge in [-0.1, -0.05) is 0 Å². The van der Waals surface area contributed by atoms with Gasteiger partial charge in [-0.25, -0.2) is 4.52 Å². The number of fused-ring (bicyclic) bond motifs is 1. The molecular weight excluding hydrogens is 450 g/mol. The highest BCUT2D eigenvalue weighted by atomic mass is 16.5. The van der Waals surface area contributed by atoms with Gasteiger partial charge < -0.3 is 25.4 Å². The van der Waals surface area contributed by atoms with Gasteiger partial charge in [-0.2, -0.15) is 5.10 Å². The molecule has 3 N–H and O–H groups in total. The molecule has 35 heavy (non-hydrogen) atoms. The van der Waals surface area contributed by atoms with Gasteiger partial charge >= 0.3 is 0 Å². The summed E-state index contributed by atoms with van der Waals surface area (Å²) in [5, 5.41) is 11.8. The van der Waals surface area contributed by atoms with Gasteiger partial charge in [-0.15, -0.1) is 5.10 Å². The normalized spacial score (nSPS) is 23.1. The molecule has 0 bridgehead atoms. The van der Waals surface area contributed by atoms with E-state index in [0.717, 1.165) is 63.2 Å². The zero-order chi connectivity index (χ0) is 24.2. The molecule has 6 rings (SSSR count). The highest BCUT2D eigenvalue weighted by Gasteiger charge is 2.49. The second-order valence-electron chi connectivity index (χ2n) is 10.1. The summed E-state index contributed by atoms with van der Waals surface area (Å²) in [6.45, 7) is 3.71. The number of amides is 2. The fraction of sp³-hybridized carbons (Fsp3) is 0.500. The second-order valence-corrected chi connectivity index (χ2v) is 10.1. The quantitative estimate of drug-likeness (QED) is 0.542. The maximum atomic E-state index is 13.0. The van der Waals surface area contributed by atoms with E-state index in [0.29, 0.717) is 11.0 Å². The van der Waals surface area contributed by atoms with E-state index in [-0.39, 0.29) is 29.5 Å². The Hall–Kier alpha value is -3.60. The molecule has 184 valence electrons. The Morgan fingerprint density at radius 1 is 1.14 bits per heavy atom. The number of nitrogens with zero attached hydrogens (tertiary/aromatic N) is 5. The number of rotatable bonds is 6. The number of primary amides is 1. The predicted octanol–water partition coefficient (Wildman–Crippen LogP) is 1.12. The van der Waals surface area contributed by atoms with E-state index in [1.807, 2.05) is 12.3 Å². The molecule has 5 heterocycles. The van der Waals surface area contributed by atoms with Crippen LogP contribution < -0.4 is 20.7 Å². The van der Waals surface area contributed by atoms with Crippen molar-refractivity contribution in [2.75, 3.05) is 31.2 Å². The molecule has 1 aliphatic carbocycles. The lowest BCUT2D eigenvalue weighted by Crippen LogP contribution is -2.66. The van der Waals surface area contributed by atoms with Gasteiger partial charge in [0.1, 0.15) is 11.7 Å². The lowest BCUT2D eigenvalue weighted by molar-refractivity contribution is -0.127. The minimum absolute atomic E-state index is 0.0536. The Balaban J connectivity index is 1.05. The minimum Gasteiger partial charge on any atom is -0.473 e. The molecule has 1 saturated carbocycles. The van der Waals surface area contributed by atoms with Crippen molar-refractivity contribution in [2.45, 2.75) is 37.8 Å². The van der Waals surface area contributed by atoms with Gasteiger partial charge in [0, 0.05) is 32.4 Å². The number of pyridine rings is 1. The zero-order valence-corrected chi connectivity index (χ0v) is 19.6. The summed E-state index contributed by atoms with van der Waals surface area (Å²) in [7, 11) is 1.72. The molecule has 0 aromatic carbocycles. The molecule has 3 aliphatic rings. The maximum absolute atomic E-state index is 13.0. The first-order chi connectivity index (χ1) is 16.9. The summed E-state index contributed by atoms with van der Waals surface area (Å²) in [6, 6.07) is 4.08. The summed E-state index contributed by atoms with van der Waals surface area (Å²) in [6.07, 6.45) is 8.16. The number of aryl methyl sites for hydroxylation is 1. The molecule has 2 aliphatic heterocycles. The van der Waals surface area contributed by atoms with Crippen molar-refractivity contribution < 1.29 is 19.1 Å². The van der Waals surface area contributed by atoms with Crippen molar-refractivity contribution in [3.8, 4) is 5.88 Å². The second kappa shape index (κ2) is 8.26. The largest absolute Gasteiger partial charge is 0.473 e. The van der Waals surface area contributed by atoms with Crippen molar-refractivity contribution in [3.63, 3.8) is 0 Å². The first-order valence-corrected chi connectivity index (χ1v) is 12.0. The van der Waals surface area contributed by atoms with Crippen LogP contribution in [-0.4, -0.2) is 69.7 Å². The van der Waals surface area contributed by atoms with E-state index in [9.17, 15) is 9.59 Å². The topological polar surface area (TPSA) is 129 Å². The highest BCUT2D eigenvalue weighted by Crippen LogP contribution is 2.40. The molecule has 0 unspecified atom stereocenters. The van der Waals surface area contributed by atoms with Crippen molar-refractivity contribution >= 4 is 23.0 Å². The summed E-state index contributed by atoms with van der Waals surface area (Å²) < 4.78 is 14.6. The summed E-state index contributed by atoms with van der Waals surface area (Å²) in [4.78, 5) is 26.9. The number of carbonyl (C=O) groups is 2. The van der Waals surface area contributed by atoms with E-state index in [4.69, 9.17) is 15.2 Å². The lowest BCUT2D eigenvalue weighted by atomic mass is 9.78. The Morgan fingerprint density at radius 3 is 2.60 bits per heavy atom. The van der Waals surface area contributed by atoms with Gasteiger partial charge in [0.25, 0.3) is 11.8 Å². The van der Waals surface area contributed by atoms with Crippen LogP contribution in [0, 0.1) is 5.41 Å². The SMILES string of the molecule is Cn1cc(C(N)=O)c(O[C@H]2CC[C@H](NC(=O)c3cnn4cc(N5CC6(COC6)C5)ccc34)CC2)n1. The van der Waals surface area contributed by atoms with Crippen LogP contribution in [0.15, 0.2) is 30.7 Å². The molecule has 1 spiro atoms. The number of nitrogens with one attached hydrogen (secondary N) is 1. The molecule has 3 fully saturated rings. The molecule has 3 aromatic rings. The lowest BCUT2D eigenvalue weighted by Gasteiger charge is -2.55. The first-order valence-electron chi connectivity index (χ1n) is 12.0. The van der Waals surface area contributed by atoms with Crippen molar-refractivity contribution in [1.82, 2.24) is 24.7 Å². The number of nitrogens with two attached hydrogens (primary N) is 1. The molecular formula is C24H29N7O4. The Kier molecular flexibility index (Phi) is 5.17. The Bertz CT molecular complexity index is 1280. The van der Waals surface area contributed by atoms with Gasteiger partial charge in [0.15, 0.2) is 0 Å². The fourth-order valence-corrected chi connectivity index (χ4v) is 5.32. The molecule has 2 saturated heterocycles. The number of anilines is 1. The molecule has 3 aromatic heterocycles. The first kappa shape index (κ1) is 21.9. The fourth-order valence-electron chi connectivity index (χ4n) is 5.32. The summed E-state index contributed by atoms with van der Waals surface area (Å²) >= 11 is 0. The van der Waals surface area contributed by atoms with E-state index < -0.39 is 5.91 Å². The number of hydrogen-bond acceptors (Lipinski definition) is 7. The van der Waals surface area contributed by atoms with E-state index in [2.05, 4.69) is 26.5 Å². The smallest absolute Gasteiger partial charge is 0.255 e. The van der Waals surface area contributed by atoms with Crippen molar-refractivity contribution in [1.29, 1.82) is 0 Å². The van der Waals surface area contributed by atoms with Crippen LogP contribution in [0.5, 0.6) is 5.88 Å². The third-order valence-electron chi connectivity index (χ3n) is 7.33.